The Bertz CT molecular complexity index is 2290. The quantitative estimate of drug-likeness (QED) is 0.166. The number of ether oxygens (including phenoxy) is 1. The van der Waals surface area contributed by atoms with Gasteiger partial charge in [-0.1, -0.05) is 133 Å². The molecule has 0 aliphatic heterocycles. The summed E-state index contributed by atoms with van der Waals surface area (Å²) >= 11 is 0. The molecule has 5 heteroatoms. The maximum atomic E-state index is 6.56. The monoisotopic (exact) mass is 886 g/mol. The standard InChI is InChI=1S/C48H57N3O.Pt/c1-44(2,3)31-16-17-40-37(25-31)38-28-39(48(13,14)15)36(29-41(38)51(40)42-26-32(18-20-49-42)45(4,5)6)30-22-34(47(10,11)12)24-35(23-30)52-43-27-33(19-21-50-43)46(7,8)9;/h16-22,24-28H,1-15H3;/q-2;+2. The molecule has 0 bridgehead atoms. The van der Waals surface area contributed by atoms with Crippen molar-refractivity contribution in [2.24, 2.45) is 0 Å². The van der Waals surface area contributed by atoms with Crippen LogP contribution in [-0.2, 0) is 48.1 Å². The molecule has 0 N–H and O–H groups in total. The van der Waals surface area contributed by atoms with Crippen molar-refractivity contribution in [2.45, 2.75) is 131 Å². The minimum absolute atomic E-state index is 0. The van der Waals surface area contributed by atoms with Crippen molar-refractivity contribution >= 4 is 21.8 Å². The second-order valence-electron chi connectivity index (χ2n) is 19.7. The zero-order valence-electron chi connectivity index (χ0n) is 34.5. The van der Waals surface area contributed by atoms with E-state index in [2.05, 4.69) is 180 Å². The maximum absolute atomic E-state index is 6.56. The minimum atomic E-state index is -0.185. The van der Waals surface area contributed by atoms with Gasteiger partial charge in [-0.05, 0) is 73.5 Å². The molecule has 4 nitrogen and oxygen atoms in total. The van der Waals surface area contributed by atoms with E-state index in [9.17, 15) is 0 Å². The van der Waals surface area contributed by atoms with Crippen LogP contribution in [0.1, 0.15) is 132 Å². The molecule has 0 aliphatic carbocycles. The van der Waals surface area contributed by atoms with Gasteiger partial charge in [0.05, 0.1) is 0 Å². The first-order valence-corrected chi connectivity index (χ1v) is 18.7. The first-order chi connectivity index (χ1) is 23.9. The van der Waals surface area contributed by atoms with Gasteiger partial charge in [0, 0.05) is 29.7 Å². The van der Waals surface area contributed by atoms with Crippen LogP contribution in [0.5, 0.6) is 11.6 Å². The van der Waals surface area contributed by atoms with E-state index >= 15 is 0 Å². The van der Waals surface area contributed by atoms with Gasteiger partial charge in [0.2, 0.25) is 5.88 Å². The number of aromatic nitrogens is 3. The van der Waals surface area contributed by atoms with Crippen molar-refractivity contribution in [2.75, 3.05) is 0 Å². The molecule has 3 heterocycles. The summed E-state index contributed by atoms with van der Waals surface area (Å²) in [6.07, 6.45) is 3.77. The molecule has 280 valence electrons. The Morgan fingerprint density at radius 1 is 0.528 bits per heavy atom. The van der Waals surface area contributed by atoms with E-state index in [1.54, 1.807) is 0 Å². The Kier molecular flexibility index (Phi) is 10.6. The van der Waals surface area contributed by atoms with Crippen molar-refractivity contribution in [1.29, 1.82) is 0 Å². The predicted molar refractivity (Wildman–Crippen MR) is 219 cm³/mol. The molecule has 0 atom stereocenters. The number of fused-ring (bicyclic) bond motifs is 3. The number of hydrogen-bond donors (Lipinski definition) is 0. The maximum Gasteiger partial charge on any atom is 2.00 e. The average Bonchev–Trinajstić information content (AvgIpc) is 3.35. The number of nitrogens with zero attached hydrogens (tertiary/aromatic N) is 3. The molecule has 0 amide bonds. The Labute approximate surface area is 333 Å². The van der Waals surface area contributed by atoms with Gasteiger partial charge in [-0.2, -0.15) is 17.7 Å². The summed E-state index contributed by atoms with van der Waals surface area (Å²) < 4.78 is 8.86. The fourth-order valence-electron chi connectivity index (χ4n) is 6.71. The molecule has 0 spiro atoms. The van der Waals surface area contributed by atoms with Gasteiger partial charge in [0.1, 0.15) is 5.82 Å². The molecule has 53 heavy (non-hydrogen) atoms. The molecule has 0 aliphatic rings. The average molecular weight is 887 g/mol. The van der Waals surface area contributed by atoms with Crippen LogP contribution < -0.4 is 4.74 Å². The molecule has 0 saturated heterocycles. The van der Waals surface area contributed by atoms with E-state index < -0.39 is 0 Å². The van der Waals surface area contributed by atoms with Crippen LogP contribution in [-0.4, -0.2) is 14.5 Å². The SMILES string of the molecule is CC(C)(C)c1cc(Oc2cc(C(C)(C)C)ccn2)[c-]c(-c2[c-]c3c(cc2C(C)(C)C)c2cc(C(C)(C)C)ccc2n3-c2cc(C(C)(C)C)ccn2)c1.[Pt+2]. The van der Waals surface area contributed by atoms with Crippen molar-refractivity contribution in [1.82, 2.24) is 14.5 Å². The zero-order valence-corrected chi connectivity index (χ0v) is 36.8. The van der Waals surface area contributed by atoms with Crippen molar-refractivity contribution in [3.05, 3.63) is 113 Å². The molecular formula is C48H57N3OPt. The van der Waals surface area contributed by atoms with Gasteiger partial charge in [-0.15, -0.1) is 17.7 Å². The first-order valence-electron chi connectivity index (χ1n) is 18.7. The van der Waals surface area contributed by atoms with Crippen LogP contribution in [0.3, 0.4) is 0 Å². The van der Waals surface area contributed by atoms with E-state index in [4.69, 9.17) is 9.72 Å². The fraction of sp³-hybridized carbons (Fsp3) is 0.417. The topological polar surface area (TPSA) is 39.9 Å². The second kappa shape index (κ2) is 13.8. The van der Waals surface area contributed by atoms with E-state index in [1.807, 2.05) is 18.5 Å². The van der Waals surface area contributed by atoms with Crippen molar-refractivity contribution < 1.29 is 25.8 Å². The van der Waals surface area contributed by atoms with Crippen LogP contribution >= 0.6 is 0 Å². The van der Waals surface area contributed by atoms with Gasteiger partial charge in [-0.3, -0.25) is 0 Å². The minimum Gasteiger partial charge on any atom is -0.460 e. The third kappa shape index (κ3) is 8.34. The van der Waals surface area contributed by atoms with Gasteiger partial charge in [-0.25, -0.2) is 21.1 Å². The van der Waals surface area contributed by atoms with Crippen LogP contribution in [0.15, 0.2) is 73.1 Å². The predicted octanol–water partition coefficient (Wildman–Crippen LogP) is 13.1. The van der Waals surface area contributed by atoms with Crippen molar-refractivity contribution in [3.8, 4) is 28.6 Å². The van der Waals surface area contributed by atoms with Crippen LogP contribution in [0, 0.1) is 12.1 Å². The number of hydrogen-bond acceptors (Lipinski definition) is 3. The van der Waals surface area contributed by atoms with E-state index in [0.29, 0.717) is 11.6 Å². The third-order valence-electron chi connectivity index (χ3n) is 10.1. The molecule has 0 unspecified atom stereocenters. The number of benzene rings is 3. The summed E-state index contributed by atoms with van der Waals surface area (Å²) in [6.45, 7) is 33.8. The number of rotatable bonds is 4. The Balaban J connectivity index is 0.00000541. The van der Waals surface area contributed by atoms with Crippen molar-refractivity contribution in [3.63, 3.8) is 0 Å². The summed E-state index contributed by atoms with van der Waals surface area (Å²) in [7, 11) is 0. The van der Waals surface area contributed by atoms with E-state index in [-0.39, 0.29) is 48.1 Å². The Morgan fingerprint density at radius 2 is 1.09 bits per heavy atom. The van der Waals surface area contributed by atoms with Gasteiger partial charge in [0.25, 0.3) is 0 Å². The fourth-order valence-corrected chi connectivity index (χ4v) is 6.71. The summed E-state index contributed by atoms with van der Waals surface area (Å²) in [5.74, 6) is 2.10. The largest absolute Gasteiger partial charge is 2.00 e. The molecular weight excluding hydrogens is 830 g/mol. The van der Waals surface area contributed by atoms with E-state index in [0.717, 1.165) is 33.5 Å². The van der Waals surface area contributed by atoms with Crippen LogP contribution in [0.4, 0.5) is 0 Å². The molecule has 0 saturated carbocycles. The first kappa shape index (κ1) is 40.4. The summed E-state index contributed by atoms with van der Waals surface area (Å²) in [5.41, 5.74) is 9.79. The molecule has 3 aromatic heterocycles. The van der Waals surface area contributed by atoms with Gasteiger partial charge in [0.15, 0.2) is 0 Å². The molecule has 6 aromatic rings. The second-order valence-corrected chi connectivity index (χ2v) is 19.7. The molecule has 6 rings (SSSR count). The summed E-state index contributed by atoms with van der Waals surface area (Å²) in [5, 5.41) is 2.38. The third-order valence-corrected chi connectivity index (χ3v) is 10.1. The summed E-state index contributed by atoms with van der Waals surface area (Å²) in [4.78, 5) is 9.58. The smallest absolute Gasteiger partial charge is 0.460 e. The molecule has 0 radical (unpaired) electrons. The molecule has 0 fully saturated rings. The Morgan fingerprint density at radius 3 is 1.68 bits per heavy atom. The van der Waals surface area contributed by atoms with Gasteiger partial charge < -0.3 is 9.30 Å². The Hall–Kier alpha value is -3.75. The molecule has 3 aromatic carbocycles. The normalized spacial score (nSPS) is 13.0. The zero-order chi connectivity index (χ0) is 38.2. The van der Waals surface area contributed by atoms with Crippen LogP contribution in [0.2, 0.25) is 0 Å². The summed E-state index contributed by atoms with van der Waals surface area (Å²) in [6, 6.07) is 29.8. The van der Waals surface area contributed by atoms with E-state index in [1.165, 1.54) is 33.0 Å². The van der Waals surface area contributed by atoms with Crippen LogP contribution in [0.25, 0.3) is 38.8 Å². The number of pyridine rings is 2. The van der Waals surface area contributed by atoms with Gasteiger partial charge >= 0.3 is 21.1 Å².